The van der Waals surface area contributed by atoms with E-state index in [1.54, 1.807) is 17.0 Å². The van der Waals surface area contributed by atoms with E-state index < -0.39 is 17.7 Å². The van der Waals surface area contributed by atoms with Gasteiger partial charge in [-0.25, -0.2) is 0 Å². The number of aryl methyl sites for hydroxylation is 1. The summed E-state index contributed by atoms with van der Waals surface area (Å²) >= 11 is 0. The molecule has 1 aliphatic rings. The highest BCUT2D eigenvalue weighted by atomic mass is 16.3. The van der Waals surface area contributed by atoms with Gasteiger partial charge in [-0.15, -0.1) is 0 Å². The summed E-state index contributed by atoms with van der Waals surface area (Å²) in [6, 6.07) is 24.6. The number of hydrogen-bond acceptors (Lipinski definition) is 3. The molecule has 1 unspecified atom stereocenters. The van der Waals surface area contributed by atoms with Gasteiger partial charge >= 0.3 is 0 Å². The Bertz CT molecular complexity index is 1220. The second-order valence-corrected chi connectivity index (χ2v) is 9.97. The Labute approximate surface area is 201 Å². The van der Waals surface area contributed by atoms with Crippen LogP contribution in [0.4, 0.5) is 0 Å². The molecule has 0 aliphatic carbocycles. The molecule has 4 nitrogen and oxygen atoms in total. The number of Topliss-reactive ketones (excluding diaryl/α,β-unsaturated/α-hetero) is 1. The molecule has 3 aromatic rings. The van der Waals surface area contributed by atoms with Gasteiger partial charge in [0.2, 0.25) is 0 Å². The zero-order valence-corrected chi connectivity index (χ0v) is 20.2. The summed E-state index contributed by atoms with van der Waals surface area (Å²) in [7, 11) is 0. The monoisotopic (exact) mass is 453 g/mol. The van der Waals surface area contributed by atoms with Gasteiger partial charge < -0.3 is 10.0 Å². The highest BCUT2D eigenvalue weighted by molar-refractivity contribution is 6.46. The van der Waals surface area contributed by atoms with E-state index in [9.17, 15) is 14.7 Å². The molecule has 0 radical (unpaired) electrons. The van der Waals surface area contributed by atoms with Crippen LogP contribution in [0.25, 0.3) is 5.76 Å². The molecular formula is C30H31NO3. The zero-order valence-electron chi connectivity index (χ0n) is 20.2. The van der Waals surface area contributed by atoms with Gasteiger partial charge in [0.1, 0.15) is 5.76 Å². The molecule has 1 N–H and O–H groups in total. The fourth-order valence-corrected chi connectivity index (χ4v) is 4.38. The maximum Gasteiger partial charge on any atom is 0.295 e. The number of ketones is 1. The Kier molecular flexibility index (Phi) is 6.43. The molecule has 1 saturated heterocycles. The average molecular weight is 454 g/mol. The first-order valence-electron chi connectivity index (χ1n) is 11.7. The van der Waals surface area contributed by atoms with Gasteiger partial charge in [-0.1, -0.05) is 105 Å². The standard InChI is InChI=1S/C30H31NO3/c1-20-10-12-23(13-11-20)27(32)25-26(22-14-16-24(17-15-22)30(2,3)4)31(29(34)28(25)33)19-18-21-8-6-5-7-9-21/h5-17,26,32H,18-19H2,1-4H3/b27-25+. The summed E-state index contributed by atoms with van der Waals surface area (Å²) in [5, 5.41) is 11.2. The van der Waals surface area contributed by atoms with Crippen molar-refractivity contribution in [2.45, 2.75) is 45.6 Å². The largest absolute Gasteiger partial charge is 0.507 e. The van der Waals surface area contributed by atoms with Crippen LogP contribution in [0.2, 0.25) is 0 Å². The maximum absolute atomic E-state index is 13.2. The van der Waals surface area contributed by atoms with Gasteiger partial charge in [-0.2, -0.15) is 0 Å². The maximum atomic E-state index is 13.2. The van der Waals surface area contributed by atoms with Crippen molar-refractivity contribution in [2.75, 3.05) is 6.54 Å². The molecule has 3 aromatic carbocycles. The Balaban J connectivity index is 1.79. The third-order valence-corrected chi connectivity index (χ3v) is 6.44. The number of aliphatic hydroxyl groups is 1. The highest BCUT2D eigenvalue weighted by Gasteiger charge is 2.45. The quantitative estimate of drug-likeness (QED) is 0.295. The van der Waals surface area contributed by atoms with Crippen LogP contribution in [0, 0.1) is 6.92 Å². The van der Waals surface area contributed by atoms with Crippen molar-refractivity contribution in [1.82, 2.24) is 4.90 Å². The Morgan fingerprint density at radius 1 is 0.882 bits per heavy atom. The van der Waals surface area contributed by atoms with Crippen molar-refractivity contribution < 1.29 is 14.7 Å². The molecule has 34 heavy (non-hydrogen) atoms. The lowest BCUT2D eigenvalue weighted by molar-refractivity contribution is -0.139. The molecule has 1 aliphatic heterocycles. The van der Waals surface area contributed by atoms with E-state index in [0.717, 1.165) is 22.3 Å². The van der Waals surface area contributed by atoms with Crippen LogP contribution in [-0.4, -0.2) is 28.2 Å². The second kappa shape index (κ2) is 9.30. The van der Waals surface area contributed by atoms with Crippen LogP contribution in [0.3, 0.4) is 0 Å². The summed E-state index contributed by atoms with van der Waals surface area (Å²) in [5.74, 6) is -1.35. The molecule has 1 atom stereocenters. The molecular weight excluding hydrogens is 422 g/mol. The summed E-state index contributed by atoms with van der Waals surface area (Å²) in [4.78, 5) is 28.0. The van der Waals surface area contributed by atoms with Crippen LogP contribution in [0.15, 0.2) is 84.4 Å². The van der Waals surface area contributed by atoms with Crippen molar-refractivity contribution in [1.29, 1.82) is 0 Å². The van der Waals surface area contributed by atoms with E-state index in [1.165, 1.54) is 0 Å². The van der Waals surface area contributed by atoms with E-state index in [-0.39, 0.29) is 16.7 Å². The van der Waals surface area contributed by atoms with E-state index >= 15 is 0 Å². The topological polar surface area (TPSA) is 57.6 Å². The molecule has 0 spiro atoms. The molecule has 0 bridgehead atoms. The van der Waals surface area contributed by atoms with Gasteiger partial charge in [0, 0.05) is 12.1 Å². The van der Waals surface area contributed by atoms with Crippen LogP contribution in [-0.2, 0) is 21.4 Å². The number of hydrogen-bond donors (Lipinski definition) is 1. The van der Waals surface area contributed by atoms with Gasteiger partial charge in [0.25, 0.3) is 11.7 Å². The fourth-order valence-electron chi connectivity index (χ4n) is 4.38. The molecule has 1 heterocycles. The van der Waals surface area contributed by atoms with E-state index in [2.05, 4.69) is 20.8 Å². The minimum atomic E-state index is -0.643. The number of aliphatic hydroxyl groups excluding tert-OH is 1. The number of amides is 1. The molecule has 4 heteroatoms. The number of likely N-dealkylation sites (tertiary alicyclic amines) is 1. The lowest BCUT2D eigenvalue weighted by Crippen LogP contribution is -2.31. The van der Waals surface area contributed by atoms with Crippen LogP contribution >= 0.6 is 0 Å². The van der Waals surface area contributed by atoms with Crippen molar-refractivity contribution in [3.63, 3.8) is 0 Å². The first-order chi connectivity index (χ1) is 16.2. The SMILES string of the molecule is Cc1ccc(/C(O)=C2\C(=O)C(=O)N(CCc3ccccc3)C2c2ccc(C(C)(C)C)cc2)cc1. The van der Waals surface area contributed by atoms with E-state index in [4.69, 9.17) is 0 Å². The molecule has 4 rings (SSSR count). The summed E-state index contributed by atoms with van der Waals surface area (Å²) in [6.07, 6.45) is 0.620. The number of carbonyl (C=O) groups excluding carboxylic acids is 2. The molecule has 1 amide bonds. The Morgan fingerprint density at radius 3 is 2.09 bits per heavy atom. The van der Waals surface area contributed by atoms with Crippen molar-refractivity contribution in [3.05, 3.63) is 112 Å². The third kappa shape index (κ3) is 4.67. The lowest BCUT2D eigenvalue weighted by Gasteiger charge is -2.26. The van der Waals surface area contributed by atoms with E-state index in [0.29, 0.717) is 18.5 Å². The minimum Gasteiger partial charge on any atom is -0.507 e. The second-order valence-electron chi connectivity index (χ2n) is 9.97. The minimum absolute atomic E-state index is 0.0183. The molecule has 174 valence electrons. The van der Waals surface area contributed by atoms with Crippen molar-refractivity contribution in [2.24, 2.45) is 0 Å². The number of nitrogens with zero attached hydrogens (tertiary/aromatic N) is 1. The molecule has 0 aromatic heterocycles. The number of benzene rings is 3. The van der Waals surface area contributed by atoms with Crippen LogP contribution in [0.1, 0.15) is 54.6 Å². The third-order valence-electron chi connectivity index (χ3n) is 6.44. The van der Waals surface area contributed by atoms with Crippen molar-refractivity contribution >= 4 is 17.4 Å². The Morgan fingerprint density at radius 2 is 1.50 bits per heavy atom. The Hall–Kier alpha value is -3.66. The van der Waals surface area contributed by atoms with Crippen LogP contribution in [0.5, 0.6) is 0 Å². The smallest absolute Gasteiger partial charge is 0.295 e. The zero-order chi connectivity index (χ0) is 24.5. The number of rotatable bonds is 5. The van der Waals surface area contributed by atoms with Gasteiger partial charge in [0.05, 0.1) is 11.6 Å². The number of carbonyl (C=O) groups is 2. The summed E-state index contributed by atoms with van der Waals surface area (Å²) < 4.78 is 0. The predicted molar refractivity (Wildman–Crippen MR) is 135 cm³/mol. The first-order valence-corrected chi connectivity index (χ1v) is 11.7. The molecule has 1 fully saturated rings. The lowest BCUT2D eigenvalue weighted by atomic mass is 9.85. The van der Waals surface area contributed by atoms with Gasteiger partial charge in [-0.3, -0.25) is 9.59 Å². The van der Waals surface area contributed by atoms with Gasteiger partial charge in [-0.05, 0) is 35.4 Å². The molecule has 0 saturated carbocycles. The predicted octanol–water partition coefficient (Wildman–Crippen LogP) is 5.96. The highest BCUT2D eigenvalue weighted by Crippen LogP contribution is 2.40. The summed E-state index contributed by atoms with van der Waals surface area (Å²) in [5.41, 5.74) is 4.77. The summed E-state index contributed by atoms with van der Waals surface area (Å²) in [6.45, 7) is 8.77. The average Bonchev–Trinajstić information content (AvgIpc) is 3.08. The fraction of sp³-hybridized carbons (Fsp3) is 0.267. The normalized spacial score (nSPS) is 17.9. The van der Waals surface area contributed by atoms with Crippen LogP contribution < -0.4 is 0 Å². The van der Waals surface area contributed by atoms with E-state index in [1.807, 2.05) is 73.7 Å². The van der Waals surface area contributed by atoms with Gasteiger partial charge in [0.15, 0.2) is 0 Å². The van der Waals surface area contributed by atoms with Crippen molar-refractivity contribution in [3.8, 4) is 0 Å². The first kappa shape index (κ1) is 23.5.